The molecule has 3 N–H and O–H groups in total. The van der Waals surface area contributed by atoms with Crippen LogP contribution < -0.4 is 11.1 Å². The molecule has 0 aliphatic carbocycles. The van der Waals surface area contributed by atoms with Crippen molar-refractivity contribution >= 4 is 5.91 Å². The van der Waals surface area contributed by atoms with Gasteiger partial charge in [0.25, 0.3) is 0 Å². The summed E-state index contributed by atoms with van der Waals surface area (Å²) in [7, 11) is 0. The van der Waals surface area contributed by atoms with E-state index >= 15 is 0 Å². The first-order valence-electron chi connectivity index (χ1n) is 5.73. The molecule has 3 nitrogen and oxygen atoms in total. The summed E-state index contributed by atoms with van der Waals surface area (Å²) in [5.74, 6) is 0.106. The molecule has 0 spiro atoms. The van der Waals surface area contributed by atoms with Crippen LogP contribution >= 0.6 is 0 Å². The second-order valence-corrected chi connectivity index (χ2v) is 5.62. The second kappa shape index (κ2) is 5.50. The Kier molecular flexibility index (Phi) is 5.29. The highest BCUT2D eigenvalue weighted by molar-refractivity contribution is 5.81. The monoisotopic (exact) mass is 214 g/mol. The predicted octanol–water partition coefficient (Wildman–Crippen LogP) is 1.91. The molecule has 15 heavy (non-hydrogen) atoms. The number of hydrogen-bond donors (Lipinski definition) is 2. The van der Waals surface area contributed by atoms with Crippen LogP contribution in [-0.4, -0.2) is 19.0 Å². The molecule has 3 heteroatoms. The average molecular weight is 214 g/mol. The predicted molar refractivity (Wildman–Crippen MR) is 64.5 cm³/mol. The molecule has 0 saturated carbocycles. The minimum atomic E-state index is -0.349. The minimum absolute atomic E-state index is 0.106. The fraction of sp³-hybridized carbons (Fsp3) is 0.917. The lowest BCUT2D eigenvalue weighted by molar-refractivity contribution is -0.130. The molecule has 0 fully saturated rings. The van der Waals surface area contributed by atoms with Crippen molar-refractivity contribution in [3.8, 4) is 0 Å². The van der Waals surface area contributed by atoms with Gasteiger partial charge in [0.05, 0.1) is 0 Å². The Bertz CT molecular complexity index is 210. The number of carbonyl (C=O) groups excluding carboxylic acids is 1. The van der Waals surface area contributed by atoms with E-state index in [4.69, 9.17) is 5.73 Å². The van der Waals surface area contributed by atoms with E-state index in [1.54, 1.807) is 0 Å². The van der Waals surface area contributed by atoms with Crippen LogP contribution in [0.3, 0.4) is 0 Å². The SMILES string of the molecule is CCC(C)(C)CNC(=O)C(C)(C)CCN. The Morgan fingerprint density at radius 1 is 1.27 bits per heavy atom. The Hall–Kier alpha value is -0.570. The molecule has 0 aliphatic heterocycles. The van der Waals surface area contributed by atoms with Crippen molar-refractivity contribution in [1.29, 1.82) is 0 Å². The maximum atomic E-state index is 11.9. The van der Waals surface area contributed by atoms with Gasteiger partial charge in [-0.25, -0.2) is 0 Å². The highest BCUT2D eigenvalue weighted by Gasteiger charge is 2.27. The number of rotatable bonds is 6. The van der Waals surface area contributed by atoms with Crippen LogP contribution in [0.2, 0.25) is 0 Å². The van der Waals surface area contributed by atoms with Gasteiger partial charge in [-0.15, -0.1) is 0 Å². The van der Waals surface area contributed by atoms with E-state index in [0.29, 0.717) is 6.54 Å². The molecule has 0 saturated heterocycles. The standard InChI is InChI=1S/C12H26N2O/c1-6-11(2,3)9-14-10(15)12(4,5)7-8-13/h6-9,13H2,1-5H3,(H,14,15). The van der Waals surface area contributed by atoms with E-state index < -0.39 is 0 Å². The second-order valence-electron chi connectivity index (χ2n) is 5.62. The van der Waals surface area contributed by atoms with Crippen molar-refractivity contribution in [3.63, 3.8) is 0 Å². The van der Waals surface area contributed by atoms with E-state index in [9.17, 15) is 4.79 Å². The Morgan fingerprint density at radius 2 is 1.80 bits per heavy atom. The Labute approximate surface area is 93.8 Å². The summed E-state index contributed by atoms with van der Waals surface area (Å²) < 4.78 is 0. The van der Waals surface area contributed by atoms with Crippen molar-refractivity contribution in [1.82, 2.24) is 5.32 Å². The topological polar surface area (TPSA) is 55.1 Å². The van der Waals surface area contributed by atoms with Gasteiger partial charge in [-0.3, -0.25) is 4.79 Å². The van der Waals surface area contributed by atoms with Crippen LogP contribution in [-0.2, 0) is 4.79 Å². The van der Waals surface area contributed by atoms with Crippen LogP contribution in [0, 0.1) is 10.8 Å². The number of nitrogens with two attached hydrogens (primary N) is 1. The normalized spacial score (nSPS) is 12.7. The van der Waals surface area contributed by atoms with E-state index in [2.05, 4.69) is 26.1 Å². The quantitative estimate of drug-likeness (QED) is 0.709. The van der Waals surface area contributed by atoms with Gasteiger partial charge in [-0.2, -0.15) is 0 Å². The van der Waals surface area contributed by atoms with E-state index in [1.165, 1.54) is 0 Å². The largest absolute Gasteiger partial charge is 0.355 e. The molecule has 90 valence electrons. The molecule has 0 aromatic heterocycles. The van der Waals surface area contributed by atoms with Gasteiger partial charge in [0, 0.05) is 12.0 Å². The molecule has 1 amide bonds. The van der Waals surface area contributed by atoms with Gasteiger partial charge < -0.3 is 11.1 Å². The summed E-state index contributed by atoms with van der Waals surface area (Å²) in [6, 6.07) is 0. The first-order valence-corrected chi connectivity index (χ1v) is 5.73. The maximum absolute atomic E-state index is 11.9. The van der Waals surface area contributed by atoms with Crippen LogP contribution in [0.25, 0.3) is 0 Å². The van der Waals surface area contributed by atoms with Gasteiger partial charge in [-0.05, 0) is 24.8 Å². The summed E-state index contributed by atoms with van der Waals surface area (Å²) in [6.07, 6.45) is 1.79. The summed E-state index contributed by atoms with van der Waals surface area (Å²) in [5, 5.41) is 3.00. The highest BCUT2D eigenvalue weighted by atomic mass is 16.2. The zero-order valence-corrected chi connectivity index (χ0v) is 10.8. The molecule has 0 unspecified atom stereocenters. The molecule has 0 radical (unpaired) electrons. The van der Waals surface area contributed by atoms with E-state index in [0.717, 1.165) is 19.4 Å². The van der Waals surface area contributed by atoms with Crippen LogP contribution in [0.4, 0.5) is 0 Å². The summed E-state index contributed by atoms with van der Waals surface area (Å²) in [5.41, 5.74) is 5.31. The third kappa shape index (κ3) is 5.17. The van der Waals surface area contributed by atoms with Gasteiger partial charge in [-0.1, -0.05) is 34.6 Å². The van der Waals surface area contributed by atoms with Gasteiger partial charge in [0.15, 0.2) is 0 Å². The fourth-order valence-corrected chi connectivity index (χ4v) is 1.16. The lowest BCUT2D eigenvalue weighted by Gasteiger charge is -2.28. The lowest BCUT2D eigenvalue weighted by Crippen LogP contribution is -2.42. The Morgan fingerprint density at radius 3 is 2.20 bits per heavy atom. The lowest BCUT2D eigenvalue weighted by atomic mass is 9.86. The van der Waals surface area contributed by atoms with Crippen molar-refractivity contribution in [2.24, 2.45) is 16.6 Å². The third-order valence-electron chi connectivity index (χ3n) is 3.07. The molecule has 0 rings (SSSR count). The fourth-order valence-electron chi connectivity index (χ4n) is 1.16. The molecule has 0 aliphatic rings. The number of nitrogens with one attached hydrogen (secondary N) is 1. The highest BCUT2D eigenvalue weighted by Crippen LogP contribution is 2.22. The number of carbonyl (C=O) groups is 1. The summed E-state index contributed by atoms with van der Waals surface area (Å²) in [4.78, 5) is 11.9. The molecule has 0 aromatic carbocycles. The van der Waals surface area contributed by atoms with Crippen LogP contribution in [0.1, 0.15) is 47.5 Å². The average Bonchev–Trinajstić information content (AvgIpc) is 2.14. The first kappa shape index (κ1) is 14.4. The zero-order valence-electron chi connectivity index (χ0n) is 10.8. The van der Waals surface area contributed by atoms with Crippen LogP contribution in [0.5, 0.6) is 0 Å². The summed E-state index contributed by atoms with van der Waals surface area (Å²) >= 11 is 0. The molecule has 0 heterocycles. The van der Waals surface area contributed by atoms with Crippen molar-refractivity contribution in [2.45, 2.75) is 47.5 Å². The molecular formula is C12H26N2O. The van der Waals surface area contributed by atoms with Gasteiger partial charge in [0.2, 0.25) is 5.91 Å². The summed E-state index contributed by atoms with van der Waals surface area (Å²) in [6.45, 7) is 11.6. The van der Waals surface area contributed by atoms with E-state index in [1.807, 2.05) is 13.8 Å². The number of amides is 1. The van der Waals surface area contributed by atoms with E-state index in [-0.39, 0.29) is 16.7 Å². The minimum Gasteiger partial charge on any atom is -0.355 e. The molecular weight excluding hydrogens is 188 g/mol. The van der Waals surface area contributed by atoms with Crippen molar-refractivity contribution in [2.75, 3.05) is 13.1 Å². The number of hydrogen-bond acceptors (Lipinski definition) is 2. The van der Waals surface area contributed by atoms with Gasteiger partial charge in [0.1, 0.15) is 0 Å². The zero-order chi connectivity index (χ0) is 12.1. The van der Waals surface area contributed by atoms with Gasteiger partial charge >= 0.3 is 0 Å². The maximum Gasteiger partial charge on any atom is 0.225 e. The smallest absolute Gasteiger partial charge is 0.225 e. The van der Waals surface area contributed by atoms with Crippen molar-refractivity contribution < 1.29 is 4.79 Å². The van der Waals surface area contributed by atoms with Crippen LogP contribution in [0.15, 0.2) is 0 Å². The van der Waals surface area contributed by atoms with Crippen molar-refractivity contribution in [3.05, 3.63) is 0 Å². The Balaban J connectivity index is 4.14. The first-order chi connectivity index (χ1) is 6.75. The molecule has 0 bridgehead atoms. The third-order valence-corrected chi connectivity index (χ3v) is 3.07. The molecule has 0 atom stereocenters. The molecule has 0 aromatic rings.